The highest BCUT2D eigenvalue weighted by molar-refractivity contribution is 9.11. The lowest BCUT2D eigenvalue weighted by molar-refractivity contribution is 0.603. The van der Waals surface area contributed by atoms with Gasteiger partial charge >= 0.3 is 0 Å². The summed E-state index contributed by atoms with van der Waals surface area (Å²) < 4.78 is 27.4. The zero-order chi connectivity index (χ0) is 13.2. The zero-order valence-electron chi connectivity index (χ0n) is 8.92. The Balaban J connectivity index is 2.31. The first-order valence-corrected chi connectivity index (χ1v) is 7.89. The van der Waals surface area contributed by atoms with Gasteiger partial charge in [0.15, 0.2) is 0 Å². The Hall–Kier alpha value is -1.36. The fraction of sp³-hybridized carbons (Fsp3) is 0. The van der Waals surface area contributed by atoms with E-state index in [0.717, 1.165) is 15.1 Å². The van der Waals surface area contributed by atoms with E-state index < -0.39 is 10.0 Å². The summed E-state index contributed by atoms with van der Waals surface area (Å²) in [7, 11) is -3.59. The number of nitriles is 1. The van der Waals surface area contributed by atoms with Gasteiger partial charge in [-0.25, -0.2) is 8.42 Å². The van der Waals surface area contributed by atoms with Crippen molar-refractivity contribution in [2.45, 2.75) is 4.21 Å². The molecule has 0 aliphatic carbocycles. The van der Waals surface area contributed by atoms with Gasteiger partial charge < -0.3 is 0 Å². The van der Waals surface area contributed by atoms with Gasteiger partial charge in [0.2, 0.25) is 0 Å². The number of rotatable bonds is 3. The highest BCUT2D eigenvalue weighted by Gasteiger charge is 2.16. The maximum atomic E-state index is 12.0. The monoisotopic (exact) mass is 342 g/mol. The van der Waals surface area contributed by atoms with E-state index >= 15 is 0 Å². The van der Waals surface area contributed by atoms with Gasteiger partial charge in [-0.1, -0.05) is 6.07 Å². The molecule has 0 saturated heterocycles. The third-order valence-corrected chi connectivity index (χ3v) is 5.55. The average molecular weight is 343 g/mol. The molecule has 92 valence electrons. The van der Waals surface area contributed by atoms with Crippen molar-refractivity contribution in [3.63, 3.8) is 0 Å². The van der Waals surface area contributed by atoms with Gasteiger partial charge in [-0.05, 0) is 46.3 Å². The smallest absolute Gasteiger partial charge is 0.271 e. The first-order chi connectivity index (χ1) is 8.51. The standard InChI is InChI=1S/C11H7BrN2O2S2/c12-10-4-5-11(17-10)18(15,16)14-9-3-1-2-8(6-9)7-13/h1-6,14H. The average Bonchev–Trinajstić information content (AvgIpc) is 2.76. The minimum absolute atomic E-state index is 0.219. The van der Waals surface area contributed by atoms with Crippen molar-refractivity contribution in [3.05, 3.63) is 45.7 Å². The van der Waals surface area contributed by atoms with E-state index in [2.05, 4.69) is 20.7 Å². The molecule has 2 aromatic rings. The van der Waals surface area contributed by atoms with Gasteiger partial charge in [-0.3, -0.25) is 4.72 Å². The molecule has 0 saturated carbocycles. The SMILES string of the molecule is N#Cc1cccc(NS(=O)(=O)c2ccc(Br)s2)c1. The number of hydrogen-bond acceptors (Lipinski definition) is 4. The highest BCUT2D eigenvalue weighted by Crippen LogP contribution is 2.27. The molecule has 1 aromatic carbocycles. The quantitative estimate of drug-likeness (QED) is 0.931. The van der Waals surface area contributed by atoms with E-state index in [1.807, 2.05) is 6.07 Å². The van der Waals surface area contributed by atoms with Crippen LogP contribution in [0, 0.1) is 11.3 Å². The van der Waals surface area contributed by atoms with Crippen molar-refractivity contribution in [2.75, 3.05) is 4.72 Å². The maximum absolute atomic E-state index is 12.0. The Labute approximate surface area is 117 Å². The van der Waals surface area contributed by atoms with Gasteiger partial charge in [-0.15, -0.1) is 11.3 Å². The van der Waals surface area contributed by atoms with Gasteiger partial charge in [0.1, 0.15) is 4.21 Å². The Morgan fingerprint density at radius 3 is 2.67 bits per heavy atom. The second kappa shape index (κ2) is 5.10. The van der Waals surface area contributed by atoms with Crippen molar-refractivity contribution in [2.24, 2.45) is 0 Å². The molecule has 4 nitrogen and oxygen atoms in total. The number of nitrogens with one attached hydrogen (secondary N) is 1. The van der Waals surface area contributed by atoms with E-state index in [1.54, 1.807) is 24.3 Å². The summed E-state index contributed by atoms with van der Waals surface area (Å²) in [6, 6.07) is 11.5. The van der Waals surface area contributed by atoms with Gasteiger partial charge in [-0.2, -0.15) is 5.26 Å². The Morgan fingerprint density at radius 2 is 2.06 bits per heavy atom. The van der Waals surface area contributed by atoms with E-state index in [-0.39, 0.29) is 4.21 Å². The third kappa shape index (κ3) is 2.90. The summed E-state index contributed by atoms with van der Waals surface area (Å²) in [4.78, 5) is 0. The summed E-state index contributed by atoms with van der Waals surface area (Å²) in [6.45, 7) is 0. The minimum Gasteiger partial charge on any atom is -0.279 e. The molecule has 0 spiro atoms. The lowest BCUT2D eigenvalue weighted by atomic mass is 10.2. The van der Waals surface area contributed by atoms with E-state index in [0.29, 0.717) is 11.3 Å². The summed E-state index contributed by atoms with van der Waals surface area (Å²) in [5.74, 6) is 0. The van der Waals surface area contributed by atoms with Crippen LogP contribution in [0.5, 0.6) is 0 Å². The number of anilines is 1. The Kier molecular flexibility index (Phi) is 3.71. The van der Waals surface area contributed by atoms with Crippen LogP contribution in [0.1, 0.15) is 5.56 Å². The largest absolute Gasteiger partial charge is 0.279 e. The van der Waals surface area contributed by atoms with Crippen molar-refractivity contribution < 1.29 is 8.42 Å². The van der Waals surface area contributed by atoms with Crippen LogP contribution < -0.4 is 4.72 Å². The Morgan fingerprint density at radius 1 is 1.28 bits per heavy atom. The lowest BCUT2D eigenvalue weighted by Crippen LogP contribution is -2.11. The molecule has 0 aliphatic rings. The molecular formula is C11H7BrN2O2S2. The molecule has 0 bridgehead atoms. The molecule has 1 N–H and O–H groups in total. The molecule has 0 atom stereocenters. The lowest BCUT2D eigenvalue weighted by Gasteiger charge is -2.05. The van der Waals surface area contributed by atoms with Crippen LogP contribution >= 0.6 is 27.3 Å². The van der Waals surface area contributed by atoms with Crippen molar-refractivity contribution >= 4 is 43.0 Å². The predicted molar refractivity (Wildman–Crippen MR) is 74.0 cm³/mol. The van der Waals surface area contributed by atoms with Gasteiger partial charge in [0.05, 0.1) is 21.1 Å². The zero-order valence-corrected chi connectivity index (χ0v) is 12.1. The van der Waals surface area contributed by atoms with Crippen LogP contribution in [0.15, 0.2) is 44.4 Å². The molecule has 0 aliphatic heterocycles. The molecule has 7 heteroatoms. The minimum atomic E-state index is -3.59. The summed E-state index contributed by atoms with van der Waals surface area (Å²) in [6.07, 6.45) is 0. The topological polar surface area (TPSA) is 70.0 Å². The molecule has 0 amide bonds. The number of sulfonamides is 1. The van der Waals surface area contributed by atoms with Gasteiger partial charge in [0.25, 0.3) is 10.0 Å². The van der Waals surface area contributed by atoms with Crippen molar-refractivity contribution in [3.8, 4) is 6.07 Å². The second-order valence-electron chi connectivity index (χ2n) is 3.36. The van der Waals surface area contributed by atoms with Crippen LogP contribution in [-0.4, -0.2) is 8.42 Å². The molecule has 0 unspecified atom stereocenters. The second-order valence-corrected chi connectivity index (χ2v) is 7.73. The molecular weight excluding hydrogens is 336 g/mol. The number of halogens is 1. The third-order valence-electron chi connectivity index (χ3n) is 2.06. The van der Waals surface area contributed by atoms with Crippen LogP contribution in [-0.2, 0) is 10.0 Å². The molecule has 0 radical (unpaired) electrons. The van der Waals surface area contributed by atoms with Crippen molar-refractivity contribution in [1.82, 2.24) is 0 Å². The summed E-state index contributed by atoms with van der Waals surface area (Å²) >= 11 is 4.34. The normalized spacial score (nSPS) is 10.9. The fourth-order valence-corrected chi connectivity index (χ4v) is 4.36. The van der Waals surface area contributed by atoms with Crippen LogP contribution in [0.25, 0.3) is 0 Å². The predicted octanol–water partition coefficient (Wildman–Crippen LogP) is 3.18. The molecule has 2 rings (SSSR count). The first kappa shape index (κ1) is 13.1. The molecule has 1 heterocycles. The summed E-state index contributed by atoms with van der Waals surface area (Å²) in [5, 5.41) is 8.75. The molecule has 0 fully saturated rings. The maximum Gasteiger partial charge on any atom is 0.271 e. The molecule has 18 heavy (non-hydrogen) atoms. The summed E-state index contributed by atoms with van der Waals surface area (Å²) in [5.41, 5.74) is 0.779. The van der Waals surface area contributed by atoms with E-state index in [9.17, 15) is 8.42 Å². The number of benzene rings is 1. The van der Waals surface area contributed by atoms with E-state index in [4.69, 9.17) is 5.26 Å². The van der Waals surface area contributed by atoms with Gasteiger partial charge in [0, 0.05) is 0 Å². The number of nitrogens with zero attached hydrogens (tertiary/aromatic N) is 1. The van der Waals surface area contributed by atoms with Crippen LogP contribution in [0.4, 0.5) is 5.69 Å². The fourth-order valence-electron chi connectivity index (χ4n) is 1.30. The van der Waals surface area contributed by atoms with Crippen LogP contribution in [0.3, 0.4) is 0 Å². The number of thiophene rings is 1. The number of hydrogen-bond donors (Lipinski definition) is 1. The van der Waals surface area contributed by atoms with E-state index in [1.165, 1.54) is 12.1 Å². The Bertz CT molecular complexity index is 717. The van der Waals surface area contributed by atoms with Crippen LogP contribution in [0.2, 0.25) is 0 Å². The molecule has 1 aromatic heterocycles. The highest BCUT2D eigenvalue weighted by atomic mass is 79.9. The first-order valence-electron chi connectivity index (χ1n) is 4.79. The van der Waals surface area contributed by atoms with Crippen molar-refractivity contribution in [1.29, 1.82) is 5.26 Å².